The first-order valence-electron chi connectivity index (χ1n) is 10.7. The van der Waals surface area contributed by atoms with Gasteiger partial charge in [-0.25, -0.2) is 0 Å². The predicted molar refractivity (Wildman–Crippen MR) is 133 cm³/mol. The first-order chi connectivity index (χ1) is 13.6. The summed E-state index contributed by atoms with van der Waals surface area (Å²) in [7, 11) is 3.64. The van der Waals surface area contributed by atoms with Gasteiger partial charge >= 0.3 is 0 Å². The van der Waals surface area contributed by atoms with E-state index in [-0.39, 0.29) is 24.0 Å². The van der Waals surface area contributed by atoms with Gasteiger partial charge in [0.15, 0.2) is 5.96 Å². The van der Waals surface area contributed by atoms with E-state index in [0.717, 1.165) is 44.4 Å². The topological polar surface area (TPSA) is 43.3 Å². The smallest absolute Gasteiger partial charge is 0.193 e. The molecule has 7 heteroatoms. The van der Waals surface area contributed by atoms with Crippen molar-refractivity contribution in [2.24, 2.45) is 10.9 Å². The fourth-order valence-electron chi connectivity index (χ4n) is 4.35. The summed E-state index contributed by atoms with van der Waals surface area (Å²) in [4.78, 5) is 11.9. The molecule has 0 aliphatic carbocycles. The lowest BCUT2D eigenvalue weighted by molar-refractivity contribution is 0.140. The second-order valence-corrected chi connectivity index (χ2v) is 8.17. The third kappa shape index (κ3) is 6.38. The van der Waals surface area contributed by atoms with Crippen molar-refractivity contribution in [2.45, 2.75) is 32.7 Å². The number of likely N-dealkylation sites (tertiary alicyclic amines) is 1. The number of piperidine rings is 1. The number of benzene rings is 1. The highest BCUT2D eigenvalue weighted by atomic mass is 127. The average molecular weight is 515 g/mol. The van der Waals surface area contributed by atoms with Crippen molar-refractivity contribution in [2.75, 3.05) is 64.9 Å². The Bertz CT molecular complexity index is 646. The van der Waals surface area contributed by atoms with Crippen LogP contribution in [0.3, 0.4) is 0 Å². The summed E-state index contributed by atoms with van der Waals surface area (Å²) in [6.45, 7) is 12.0. The lowest BCUT2D eigenvalue weighted by Gasteiger charge is -2.39. The SMILES string of the molecule is CN=C(NCC1CCCN(C(C)C)C1)N1CCN(c2ccccc2OC)CC1.I. The zero-order valence-electron chi connectivity index (χ0n) is 18.4. The normalized spacial score (nSPS) is 21.1. The van der Waals surface area contributed by atoms with Crippen molar-refractivity contribution in [1.29, 1.82) is 0 Å². The van der Waals surface area contributed by atoms with Gasteiger partial charge in [-0.15, -0.1) is 24.0 Å². The number of piperazine rings is 1. The van der Waals surface area contributed by atoms with Crippen molar-refractivity contribution in [3.63, 3.8) is 0 Å². The van der Waals surface area contributed by atoms with E-state index in [0.29, 0.717) is 12.0 Å². The fourth-order valence-corrected chi connectivity index (χ4v) is 4.35. The van der Waals surface area contributed by atoms with E-state index in [2.05, 4.69) is 51.0 Å². The molecule has 0 spiro atoms. The van der Waals surface area contributed by atoms with Crippen LogP contribution in [0.5, 0.6) is 5.75 Å². The van der Waals surface area contributed by atoms with Gasteiger partial charge < -0.3 is 24.8 Å². The Morgan fingerprint density at radius 3 is 2.55 bits per heavy atom. The molecule has 2 heterocycles. The van der Waals surface area contributed by atoms with Crippen LogP contribution in [0.1, 0.15) is 26.7 Å². The monoisotopic (exact) mass is 515 g/mol. The molecule has 1 aromatic carbocycles. The van der Waals surface area contributed by atoms with E-state index in [9.17, 15) is 0 Å². The van der Waals surface area contributed by atoms with Crippen molar-refractivity contribution in [3.05, 3.63) is 24.3 Å². The van der Waals surface area contributed by atoms with E-state index in [1.54, 1.807) is 7.11 Å². The highest BCUT2D eigenvalue weighted by Gasteiger charge is 2.24. The van der Waals surface area contributed by atoms with Crippen LogP contribution >= 0.6 is 24.0 Å². The fraction of sp³-hybridized carbons (Fsp3) is 0.682. The molecule has 2 fully saturated rings. The van der Waals surface area contributed by atoms with Gasteiger partial charge in [0.2, 0.25) is 0 Å². The van der Waals surface area contributed by atoms with E-state index < -0.39 is 0 Å². The first kappa shape index (κ1) is 24.1. The highest BCUT2D eigenvalue weighted by molar-refractivity contribution is 14.0. The Balaban J connectivity index is 0.00000300. The van der Waals surface area contributed by atoms with Crippen LogP contribution in [0.15, 0.2) is 29.3 Å². The van der Waals surface area contributed by atoms with Crippen LogP contribution in [-0.4, -0.2) is 81.8 Å². The van der Waals surface area contributed by atoms with Gasteiger partial charge in [0.25, 0.3) is 0 Å². The molecular formula is C22H38IN5O. The van der Waals surface area contributed by atoms with Crippen LogP contribution in [0.4, 0.5) is 5.69 Å². The number of methoxy groups -OCH3 is 1. The molecule has 0 saturated carbocycles. The summed E-state index contributed by atoms with van der Waals surface area (Å²) in [5.41, 5.74) is 1.18. The molecule has 29 heavy (non-hydrogen) atoms. The van der Waals surface area contributed by atoms with E-state index in [1.807, 2.05) is 19.2 Å². The summed E-state index contributed by atoms with van der Waals surface area (Å²) in [6.07, 6.45) is 2.62. The van der Waals surface area contributed by atoms with Crippen molar-refractivity contribution < 1.29 is 4.74 Å². The Morgan fingerprint density at radius 2 is 1.90 bits per heavy atom. The largest absolute Gasteiger partial charge is 0.495 e. The molecule has 1 N–H and O–H groups in total. The maximum Gasteiger partial charge on any atom is 0.193 e. The van der Waals surface area contributed by atoms with Gasteiger partial charge in [0.1, 0.15) is 5.75 Å². The van der Waals surface area contributed by atoms with Crippen LogP contribution in [0.25, 0.3) is 0 Å². The van der Waals surface area contributed by atoms with Gasteiger partial charge in [-0.2, -0.15) is 0 Å². The molecule has 1 atom stereocenters. The van der Waals surface area contributed by atoms with Gasteiger partial charge in [-0.3, -0.25) is 4.99 Å². The second kappa shape index (κ2) is 11.8. The first-order valence-corrected chi connectivity index (χ1v) is 10.7. The number of rotatable bonds is 5. The Labute approximate surface area is 193 Å². The number of guanidine groups is 1. The molecule has 164 valence electrons. The number of halogens is 1. The highest BCUT2D eigenvalue weighted by Crippen LogP contribution is 2.28. The third-order valence-electron chi connectivity index (χ3n) is 6.05. The summed E-state index contributed by atoms with van der Waals surface area (Å²) < 4.78 is 5.53. The van der Waals surface area contributed by atoms with Gasteiger partial charge in [0.05, 0.1) is 12.8 Å². The minimum Gasteiger partial charge on any atom is -0.495 e. The van der Waals surface area contributed by atoms with Gasteiger partial charge in [0, 0.05) is 52.4 Å². The number of ether oxygens (including phenoxy) is 1. The Kier molecular flexibility index (Phi) is 9.82. The molecular weight excluding hydrogens is 477 g/mol. The van der Waals surface area contributed by atoms with E-state index in [4.69, 9.17) is 4.74 Å². The quantitative estimate of drug-likeness (QED) is 0.371. The lowest BCUT2D eigenvalue weighted by atomic mass is 9.97. The predicted octanol–water partition coefficient (Wildman–Crippen LogP) is 3.13. The number of aliphatic imine (C=N–C) groups is 1. The van der Waals surface area contributed by atoms with Crippen LogP contribution in [0, 0.1) is 5.92 Å². The average Bonchev–Trinajstić information content (AvgIpc) is 2.75. The molecule has 0 bridgehead atoms. The molecule has 1 aromatic rings. The molecule has 2 aliphatic rings. The van der Waals surface area contributed by atoms with Crippen molar-refractivity contribution in [3.8, 4) is 5.75 Å². The maximum atomic E-state index is 5.53. The Hall–Kier alpha value is -1.22. The number of nitrogens with zero attached hydrogens (tertiary/aromatic N) is 4. The van der Waals surface area contributed by atoms with Crippen molar-refractivity contribution in [1.82, 2.24) is 15.1 Å². The number of hydrogen-bond donors (Lipinski definition) is 1. The minimum atomic E-state index is 0. The minimum absolute atomic E-state index is 0. The lowest BCUT2D eigenvalue weighted by Crippen LogP contribution is -2.53. The molecule has 2 aliphatic heterocycles. The molecule has 1 unspecified atom stereocenters. The summed E-state index contributed by atoms with van der Waals surface area (Å²) in [6, 6.07) is 8.92. The number of anilines is 1. The Morgan fingerprint density at radius 1 is 1.17 bits per heavy atom. The molecule has 0 aromatic heterocycles. The van der Waals surface area contributed by atoms with Gasteiger partial charge in [-0.1, -0.05) is 12.1 Å². The zero-order chi connectivity index (χ0) is 19.9. The zero-order valence-corrected chi connectivity index (χ0v) is 20.8. The molecule has 6 nitrogen and oxygen atoms in total. The molecule has 0 radical (unpaired) electrons. The molecule has 0 amide bonds. The maximum absolute atomic E-state index is 5.53. The van der Waals surface area contributed by atoms with Crippen molar-refractivity contribution >= 4 is 35.6 Å². The third-order valence-corrected chi connectivity index (χ3v) is 6.05. The van der Waals surface area contributed by atoms with E-state index in [1.165, 1.54) is 31.6 Å². The number of hydrogen-bond acceptors (Lipinski definition) is 4. The molecule has 3 rings (SSSR count). The van der Waals surface area contributed by atoms with Crippen LogP contribution in [-0.2, 0) is 0 Å². The summed E-state index contributed by atoms with van der Waals surface area (Å²) >= 11 is 0. The number of nitrogens with one attached hydrogen (secondary N) is 1. The van der Waals surface area contributed by atoms with Crippen LogP contribution in [0.2, 0.25) is 0 Å². The second-order valence-electron chi connectivity index (χ2n) is 8.17. The van der Waals surface area contributed by atoms with Gasteiger partial charge in [-0.05, 0) is 51.3 Å². The standard InChI is InChI=1S/C22H37N5O.HI/c1-18(2)27-11-7-8-19(17-27)16-24-22(23-3)26-14-12-25(13-15-26)20-9-5-6-10-21(20)28-4;/h5-6,9-10,18-19H,7-8,11-17H2,1-4H3,(H,23,24);1H. The summed E-state index contributed by atoms with van der Waals surface area (Å²) in [5.74, 6) is 2.70. The van der Waals surface area contributed by atoms with E-state index >= 15 is 0 Å². The number of para-hydroxylation sites is 2. The van der Waals surface area contributed by atoms with Crippen LogP contribution < -0.4 is 15.0 Å². The molecule has 2 saturated heterocycles. The summed E-state index contributed by atoms with van der Waals surface area (Å²) in [5, 5.41) is 3.65.